The van der Waals surface area contributed by atoms with Crippen molar-refractivity contribution in [2.75, 3.05) is 26.8 Å². The molecule has 15 heavy (non-hydrogen) atoms. The van der Waals surface area contributed by atoms with Crippen molar-refractivity contribution in [3.05, 3.63) is 0 Å². The van der Waals surface area contributed by atoms with Crippen molar-refractivity contribution in [1.29, 1.82) is 0 Å². The van der Waals surface area contributed by atoms with E-state index in [1.54, 1.807) is 18.9 Å². The number of carbonyl (C=O) groups is 1. The molecular formula is C10H20N2O3. The molecule has 5 heteroatoms. The highest BCUT2D eigenvalue weighted by molar-refractivity contribution is 5.81. The monoisotopic (exact) mass is 216 g/mol. The maximum atomic E-state index is 11.6. The summed E-state index contributed by atoms with van der Waals surface area (Å²) in [6, 6.07) is -0.456. The molecule has 0 spiro atoms. The van der Waals surface area contributed by atoms with Gasteiger partial charge in [-0.15, -0.1) is 0 Å². The molecule has 88 valence electrons. The third-order valence-electron chi connectivity index (χ3n) is 2.60. The van der Waals surface area contributed by atoms with Gasteiger partial charge in [-0.2, -0.15) is 0 Å². The topological polar surface area (TPSA) is 64.8 Å². The third-order valence-corrected chi connectivity index (χ3v) is 2.60. The molecule has 1 rings (SSSR count). The van der Waals surface area contributed by atoms with Crippen molar-refractivity contribution in [3.63, 3.8) is 0 Å². The summed E-state index contributed by atoms with van der Waals surface area (Å²) in [5.41, 5.74) is 5.55. The molecule has 1 saturated heterocycles. The van der Waals surface area contributed by atoms with Gasteiger partial charge < -0.3 is 20.1 Å². The van der Waals surface area contributed by atoms with Crippen LogP contribution in [0.15, 0.2) is 0 Å². The van der Waals surface area contributed by atoms with E-state index in [1.165, 1.54) is 0 Å². The number of amides is 1. The highest BCUT2D eigenvalue weighted by Gasteiger charge is 2.36. The Bertz CT molecular complexity index is 221. The Morgan fingerprint density at radius 2 is 2.13 bits per heavy atom. The second-order valence-corrected chi connectivity index (χ2v) is 3.80. The standard InChI is InChI=1S/C10H20N2O3/c1-4-15-9-6-12(5-8(9)14-3)10(13)7(2)11/h7-9H,4-6,11H2,1-3H3. The lowest BCUT2D eigenvalue weighted by molar-refractivity contribution is -0.131. The van der Waals surface area contributed by atoms with Crippen LogP contribution in [0.1, 0.15) is 13.8 Å². The maximum Gasteiger partial charge on any atom is 0.239 e. The highest BCUT2D eigenvalue weighted by atomic mass is 16.5. The van der Waals surface area contributed by atoms with Gasteiger partial charge in [0.1, 0.15) is 12.2 Å². The Morgan fingerprint density at radius 3 is 2.60 bits per heavy atom. The fourth-order valence-corrected chi connectivity index (χ4v) is 1.81. The summed E-state index contributed by atoms with van der Waals surface area (Å²) in [7, 11) is 1.64. The molecule has 3 unspecified atom stereocenters. The average molecular weight is 216 g/mol. The van der Waals surface area contributed by atoms with Crippen LogP contribution in [-0.2, 0) is 14.3 Å². The van der Waals surface area contributed by atoms with Gasteiger partial charge in [0.15, 0.2) is 0 Å². The summed E-state index contributed by atoms with van der Waals surface area (Å²) in [4.78, 5) is 13.4. The van der Waals surface area contributed by atoms with E-state index in [0.717, 1.165) is 0 Å². The first kappa shape index (κ1) is 12.4. The molecule has 1 fully saturated rings. The van der Waals surface area contributed by atoms with E-state index in [9.17, 15) is 4.79 Å². The van der Waals surface area contributed by atoms with Crippen LogP contribution in [0.3, 0.4) is 0 Å². The van der Waals surface area contributed by atoms with Crippen molar-refractivity contribution in [1.82, 2.24) is 4.90 Å². The summed E-state index contributed by atoms with van der Waals surface area (Å²) in [6.45, 7) is 5.40. The lowest BCUT2D eigenvalue weighted by atomic mass is 10.2. The molecule has 0 aromatic heterocycles. The van der Waals surface area contributed by atoms with Crippen LogP contribution in [-0.4, -0.2) is 55.9 Å². The first-order valence-corrected chi connectivity index (χ1v) is 5.28. The van der Waals surface area contributed by atoms with Gasteiger partial charge in [-0.05, 0) is 13.8 Å². The van der Waals surface area contributed by atoms with E-state index >= 15 is 0 Å². The number of hydrogen-bond acceptors (Lipinski definition) is 4. The van der Waals surface area contributed by atoms with E-state index < -0.39 is 6.04 Å². The molecule has 1 aliphatic rings. The predicted molar refractivity (Wildman–Crippen MR) is 56.4 cm³/mol. The van der Waals surface area contributed by atoms with Crippen LogP contribution in [0.25, 0.3) is 0 Å². The molecule has 1 heterocycles. The number of hydrogen-bond donors (Lipinski definition) is 1. The van der Waals surface area contributed by atoms with Gasteiger partial charge in [0, 0.05) is 26.8 Å². The zero-order valence-corrected chi connectivity index (χ0v) is 9.60. The summed E-state index contributed by atoms with van der Waals surface area (Å²) < 4.78 is 10.8. The largest absolute Gasteiger partial charge is 0.377 e. The number of methoxy groups -OCH3 is 1. The van der Waals surface area contributed by atoms with Gasteiger partial charge in [-0.3, -0.25) is 4.79 Å². The fraction of sp³-hybridized carbons (Fsp3) is 0.900. The predicted octanol–water partition coefficient (Wildman–Crippen LogP) is -0.404. The van der Waals surface area contributed by atoms with Gasteiger partial charge in [0.05, 0.1) is 6.04 Å². The second kappa shape index (κ2) is 5.44. The fourth-order valence-electron chi connectivity index (χ4n) is 1.81. The molecule has 0 aromatic carbocycles. The lowest BCUT2D eigenvalue weighted by Crippen LogP contribution is -2.41. The smallest absolute Gasteiger partial charge is 0.239 e. The van der Waals surface area contributed by atoms with Gasteiger partial charge >= 0.3 is 0 Å². The van der Waals surface area contributed by atoms with E-state index in [4.69, 9.17) is 15.2 Å². The Labute approximate surface area is 90.5 Å². The molecule has 1 aliphatic heterocycles. The van der Waals surface area contributed by atoms with Crippen LogP contribution in [0.4, 0.5) is 0 Å². The second-order valence-electron chi connectivity index (χ2n) is 3.80. The number of carbonyl (C=O) groups excluding carboxylic acids is 1. The normalized spacial score (nSPS) is 28.1. The molecule has 0 bridgehead atoms. The van der Waals surface area contributed by atoms with Gasteiger partial charge in [-0.25, -0.2) is 0 Å². The zero-order valence-electron chi connectivity index (χ0n) is 9.60. The molecule has 0 aliphatic carbocycles. The average Bonchev–Trinajstić information content (AvgIpc) is 2.60. The molecule has 0 saturated carbocycles. The van der Waals surface area contributed by atoms with Crippen molar-refractivity contribution >= 4 is 5.91 Å². The third kappa shape index (κ3) is 2.90. The first-order valence-electron chi connectivity index (χ1n) is 5.28. The van der Waals surface area contributed by atoms with Crippen molar-refractivity contribution < 1.29 is 14.3 Å². The quantitative estimate of drug-likeness (QED) is 0.694. The molecular weight excluding hydrogens is 196 g/mol. The minimum atomic E-state index is -0.456. The minimum absolute atomic E-state index is 0.0253. The van der Waals surface area contributed by atoms with Crippen LogP contribution in [0.2, 0.25) is 0 Å². The van der Waals surface area contributed by atoms with Crippen molar-refractivity contribution in [2.45, 2.75) is 32.1 Å². The summed E-state index contributed by atoms with van der Waals surface area (Å²) in [6.07, 6.45) is -0.0599. The zero-order chi connectivity index (χ0) is 11.4. The first-order chi connectivity index (χ1) is 7.10. The number of ether oxygens (including phenoxy) is 2. The van der Waals surface area contributed by atoms with Crippen LogP contribution < -0.4 is 5.73 Å². The number of rotatable bonds is 4. The number of likely N-dealkylation sites (tertiary alicyclic amines) is 1. The maximum absolute atomic E-state index is 11.6. The molecule has 1 amide bonds. The van der Waals surface area contributed by atoms with E-state index in [2.05, 4.69) is 0 Å². The van der Waals surface area contributed by atoms with Crippen molar-refractivity contribution in [2.24, 2.45) is 5.73 Å². The molecule has 0 radical (unpaired) electrons. The van der Waals surface area contributed by atoms with E-state index in [1.807, 2.05) is 6.92 Å². The van der Waals surface area contributed by atoms with E-state index in [-0.39, 0.29) is 18.1 Å². The Morgan fingerprint density at radius 1 is 1.53 bits per heavy atom. The van der Waals surface area contributed by atoms with Gasteiger partial charge in [-0.1, -0.05) is 0 Å². The summed E-state index contributed by atoms with van der Waals surface area (Å²) in [5, 5.41) is 0. The molecule has 2 N–H and O–H groups in total. The van der Waals surface area contributed by atoms with Crippen LogP contribution in [0.5, 0.6) is 0 Å². The van der Waals surface area contributed by atoms with Gasteiger partial charge in [0.25, 0.3) is 0 Å². The minimum Gasteiger partial charge on any atom is -0.377 e. The summed E-state index contributed by atoms with van der Waals surface area (Å²) in [5.74, 6) is -0.0424. The Hall–Kier alpha value is -0.650. The number of nitrogens with zero attached hydrogens (tertiary/aromatic N) is 1. The summed E-state index contributed by atoms with van der Waals surface area (Å²) >= 11 is 0. The van der Waals surface area contributed by atoms with Crippen molar-refractivity contribution in [3.8, 4) is 0 Å². The van der Waals surface area contributed by atoms with Crippen LogP contribution in [0, 0.1) is 0 Å². The SMILES string of the molecule is CCOC1CN(C(=O)C(C)N)CC1OC. The molecule has 3 atom stereocenters. The Balaban J connectivity index is 2.56. The molecule has 5 nitrogen and oxygen atoms in total. The van der Waals surface area contributed by atoms with Gasteiger partial charge in [0.2, 0.25) is 5.91 Å². The lowest BCUT2D eigenvalue weighted by Gasteiger charge is -2.17. The number of nitrogens with two attached hydrogens (primary N) is 1. The van der Waals surface area contributed by atoms with E-state index in [0.29, 0.717) is 19.7 Å². The molecule has 0 aromatic rings. The Kier molecular flexibility index (Phi) is 4.50. The highest BCUT2D eigenvalue weighted by Crippen LogP contribution is 2.16. The van der Waals surface area contributed by atoms with Crippen LogP contribution >= 0.6 is 0 Å².